The first-order valence-corrected chi connectivity index (χ1v) is 12.2. The molecule has 2 heterocycles. The van der Waals surface area contributed by atoms with E-state index in [0.717, 1.165) is 36.5 Å². The number of β-amino-alcohol motifs (C(OH)–C–C–N with tert-alkyl or cyclic N) is 1. The predicted molar refractivity (Wildman–Crippen MR) is 131 cm³/mol. The molecule has 1 aromatic heterocycles. The SMILES string of the molecule is CCc1nccn1CCCOc1cccc(CN2CCOCC(O)(COc3ccc(F)cc3)C2)c1. The first kappa shape index (κ1) is 25.2. The zero-order chi connectivity index (χ0) is 24.5. The number of hydrogen-bond acceptors (Lipinski definition) is 6. The van der Waals surface area contributed by atoms with E-state index in [1.165, 1.54) is 12.1 Å². The molecule has 0 aliphatic carbocycles. The standard InChI is InChI=1S/C27H34FN3O4/c1-2-26-29-11-13-31(26)12-4-15-34-25-6-3-5-22(17-25)18-30-14-16-33-20-27(32,19-30)21-35-24-9-7-23(28)8-10-24/h3,5-11,13,17,32H,2,4,12,14-16,18-21H2,1H3. The van der Waals surface area contributed by atoms with Crippen molar-refractivity contribution in [2.45, 2.75) is 38.5 Å². The molecule has 7 nitrogen and oxygen atoms in total. The molecule has 2 aromatic carbocycles. The van der Waals surface area contributed by atoms with Crippen molar-refractivity contribution in [3.63, 3.8) is 0 Å². The first-order valence-electron chi connectivity index (χ1n) is 12.2. The Hall–Kier alpha value is -2.94. The lowest BCUT2D eigenvalue weighted by molar-refractivity contribution is -0.0646. The normalized spacial score (nSPS) is 18.8. The highest BCUT2D eigenvalue weighted by atomic mass is 19.1. The van der Waals surface area contributed by atoms with Crippen LogP contribution < -0.4 is 9.47 Å². The molecule has 1 N–H and O–H groups in total. The van der Waals surface area contributed by atoms with Gasteiger partial charge in [-0.3, -0.25) is 4.90 Å². The van der Waals surface area contributed by atoms with E-state index in [-0.39, 0.29) is 19.0 Å². The van der Waals surface area contributed by atoms with Crippen molar-refractivity contribution in [3.8, 4) is 11.5 Å². The summed E-state index contributed by atoms with van der Waals surface area (Å²) in [6, 6.07) is 13.9. The average Bonchev–Trinajstić information content (AvgIpc) is 3.24. The summed E-state index contributed by atoms with van der Waals surface area (Å²) in [6.07, 6.45) is 5.67. The Kier molecular flexibility index (Phi) is 8.74. The number of halogens is 1. The molecule has 4 rings (SSSR count). The largest absolute Gasteiger partial charge is 0.494 e. The third-order valence-electron chi connectivity index (χ3n) is 6.00. The Bertz CT molecular complexity index is 1060. The van der Waals surface area contributed by atoms with Gasteiger partial charge >= 0.3 is 0 Å². The van der Waals surface area contributed by atoms with Crippen LogP contribution in [-0.2, 0) is 24.2 Å². The third-order valence-corrected chi connectivity index (χ3v) is 6.00. The molecular weight excluding hydrogens is 449 g/mol. The fourth-order valence-electron chi connectivity index (χ4n) is 4.24. The highest BCUT2D eigenvalue weighted by Crippen LogP contribution is 2.20. The number of aliphatic hydroxyl groups is 1. The summed E-state index contributed by atoms with van der Waals surface area (Å²) in [4.78, 5) is 6.51. The molecule has 0 amide bonds. The summed E-state index contributed by atoms with van der Waals surface area (Å²) >= 11 is 0. The van der Waals surface area contributed by atoms with E-state index in [2.05, 4.69) is 33.5 Å². The molecule has 0 bridgehead atoms. The van der Waals surface area contributed by atoms with E-state index in [1.807, 2.05) is 24.5 Å². The van der Waals surface area contributed by atoms with Crippen LogP contribution in [0.15, 0.2) is 60.9 Å². The van der Waals surface area contributed by atoms with Gasteiger partial charge in [0, 0.05) is 45.0 Å². The second kappa shape index (κ2) is 12.2. The van der Waals surface area contributed by atoms with Gasteiger partial charge < -0.3 is 23.9 Å². The van der Waals surface area contributed by atoms with Crippen LogP contribution in [0.5, 0.6) is 11.5 Å². The lowest BCUT2D eigenvalue weighted by atomic mass is 10.1. The number of nitrogens with zero attached hydrogens (tertiary/aromatic N) is 3. The maximum Gasteiger partial charge on any atom is 0.134 e. The van der Waals surface area contributed by atoms with Gasteiger partial charge in [-0.05, 0) is 48.4 Å². The van der Waals surface area contributed by atoms with E-state index in [4.69, 9.17) is 14.2 Å². The molecule has 1 saturated heterocycles. The summed E-state index contributed by atoms with van der Waals surface area (Å²) in [5, 5.41) is 11.1. The molecule has 188 valence electrons. The second-order valence-corrected chi connectivity index (χ2v) is 8.97. The van der Waals surface area contributed by atoms with Crippen molar-refractivity contribution >= 4 is 0 Å². The van der Waals surface area contributed by atoms with E-state index in [0.29, 0.717) is 38.6 Å². The number of aromatic nitrogens is 2. The summed E-state index contributed by atoms with van der Waals surface area (Å²) < 4.78 is 32.7. The maximum atomic E-state index is 13.1. The second-order valence-electron chi connectivity index (χ2n) is 8.97. The van der Waals surface area contributed by atoms with Crippen LogP contribution in [0, 0.1) is 5.82 Å². The van der Waals surface area contributed by atoms with Crippen LogP contribution in [0.25, 0.3) is 0 Å². The number of benzene rings is 2. The Morgan fingerprint density at radius 1 is 1.14 bits per heavy atom. The molecule has 0 saturated carbocycles. The van der Waals surface area contributed by atoms with Crippen LogP contribution in [0.3, 0.4) is 0 Å². The van der Waals surface area contributed by atoms with Crippen molar-refractivity contribution in [1.82, 2.24) is 14.5 Å². The molecule has 1 fully saturated rings. The summed E-state index contributed by atoms with van der Waals surface area (Å²) in [5.41, 5.74) is -0.0574. The van der Waals surface area contributed by atoms with Crippen LogP contribution >= 0.6 is 0 Å². The lowest BCUT2D eigenvalue weighted by Crippen LogP contribution is -2.48. The predicted octanol–water partition coefficient (Wildman–Crippen LogP) is 3.70. The van der Waals surface area contributed by atoms with Gasteiger partial charge in [0.2, 0.25) is 0 Å². The van der Waals surface area contributed by atoms with Crippen LogP contribution in [0.2, 0.25) is 0 Å². The molecular formula is C27H34FN3O4. The van der Waals surface area contributed by atoms with Crippen molar-refractivity contribution in [2.75, 3.05) is 39.5 Å². The number of ether oxygens (including phenoxy) is 3. The zero-order valence-corrected chi connectivity index (χ0v) is 20.2. The van der Waals surface area contributed by atoms with E-state index >= 15 is 0 Å². The Morgan fingerprint density at radius 3 is 2.83 bits per heavy atom. The van der Waals surface area contributed by atoms with Crippen molar-refractivity contribution in [3.05, 3.63) is 78.1 Å². The molecule has 1 aliphatic heterocycles. The molecule has 1 aliphatic rings. The minimum absolute atomic E-state index is 0.0644. The highest BCUT2D eigenvalue weighted by Gasteiger charge is 2.33. The van der Waals surface area contributed by atoms with Gasteiger partial charge in [0.05, 0.1) is 19.8 Å². The van der Waals surface area contributed by atoms with Crippen LogP contribution in [0.1, 0.15) is 24.7 Å². The number of imidazole rings is 1. The minimum Gasteiger partial charge on any atom is -0.494 e. The summed E-state index contributed by atoms with van der Waals surface area (Å²) in [6.45, 7) is 6.17. The van der Waals surface area contributed by atoms with Crippen LogP contribution in [-0.4, -0.2) is 64.7 Å². The summed E-state index contributed by atoms with van der Waals surface area (Å²) in [5.74, 6) is 2.12. The number of rotatable bonds is 11. The third kappa shape index (κ3) is 7.52. The first-order chi connectivity index (χ1) is 17.0. The lowest BCUT2D eigenvalue weighted by Gasteiger charge is -2.30. The van der Waals surface area contributed by atoms with Crippen molar-refractivity contribution in [2.24, 2.45) is 0 Å². The molecule has 8 heteroatoms. The minimum atomic E-state index is -1.16. The smallest absolute Gasteiger partial charge is 0.134 e. The molecule has 3 aromatic rings. The Balaban J connectivity index is 1.28. The van der Waals surface area contributed by atoms with Gasteiger partial charge in [-0.2, -0.15) is 0 Å². The van der Waals surface area contributed by atoms with Crippen molar-refractivity contribution < 1.29 is 23.7 Å². The van der Waals surface area contributed by atoms with E-state index in [1.54, 1.807) is 12.1 Å². The van der Waals surface area contributed by atoms with Crippen LogP contribution in [0.4, 0.5) is 4.39 Å². The quantitative estimate of drug-likeness (QED) is 0.420. The van der Waals surface area contributed by atoms with E-state index < -0.39 is 5.60 Å². The number of aryl methyl sites for hydroxylation is 2. The molecule has 1 unspecified atom stereocenters. The highest BCUT2D eigenvalue weighted by molar-refractivity contribution is 5.28. The zero-order valence-electron chi connectivity index (χ0n) is 20.2. The fraction of sp³-hybridized carbons (Fsp3) is 0.444. The van der Waals surface area contributed by atoms with Gasteiger partial charge in [0.1, 0.15) is 35.3 Å². The van der Waals surface area contributed by atoms with Gasteiger partial charge in [-0.1, -0.05) is 19.1 Å². The van der Waals surface area contributed by atoms with Gasteiger partial charge in [0.25, 0.3) is 0 Å². The van der Waals surface area contributed by atoms with Crippen molar-refractivity contribution in [1.29, 1.82) is 0 Å². The van der Waals surface area contributed by atoms with Gasteiger partial charge in [0.15, 0.2) is 0 Å². The average molecular weight is 484 g/mol. The Labute approximate surface area is 206 Å². The summed E-state index contributed by atoms with van der Waals surface area (Å²) in [7, 11) is 0. The molecule has 1 atom stereocenters. The Morgan fingerprint density at radius 2 is 2.00 bits per heavy atom. The fourth-order valence-corrected chi connectivity index (χ4v) is 4.24. The molecule has 35 heavy (non-hydrogen) atoms. The van der Waals surface area contributed by atoms with E-state index in [9.17, 15) is 9.50 Å². The molecule has 0 spiro atoms. The monoisotopic (exact) mass is 483 g/mol. The number of hydrogen-bond donors (Lipinski definition) is 1. The van der Waals surface area contributed by atoms with Gasteiger partial charge in [-0.25, -0.2) is 9.37 Å². The topological polar surface area (TPSA) is 69.0 Å². The maximum absolute atomic E-state index is 13.1. The molecule has 0 radical (unpaired) electrons. The van der Waals surface area contributed by atoms with Gasteiger partial charge in [-0.15, -0.1) is 0 Å².